The third-order valence-electron chi connectivity index (χ3n) is 1.92. The van der Waals surface area contributed by atoms with Gasteiger partial charge in [-0.1, -0.05) is 12.1 Å². The average molecular weight is 223 g/mol. The zero-order valence-electron chi connectivity index (χ0n) is 8.50. The first-order valence-electron chi connectivity index (χ1n) is 4.39. The predicted octanol–water partition coefficient (Wildman–Crippen LogP) is 0.879. The highest BCUT2D eigenvalue weighted by molar-refractivity contribution is 6.34. The molecule has 0 atom stereocenters. The van der Waals surface area contributed by atoms with Gasteiger partial charge in [0.2, 0.25) is 5.78 Å². The van der Waals surface area contributed by atoms with E-state index in [2.05, 4.69) is 4.74 Å². The van der Waals surface area contributed by atoms with Crippen molar-refractivity contribution in [1.29, 1.82) is 0 Å². The Morgan fingerprint density at radius 3 is 2.31 bits per heavy atom. The van der Waals surface area contributed by atoms with Gasteiger partial charge in [0.25, 0.3) is 5.69 Å². The Labute approximate surface area is 91.0 Å². The summed E-state index contributed by atoms with van der Waals surface area (Å²) in [5, 5.41) is 10.4. The van der Waals surface area contributed by atoms with Gasteiger partial charge in [-0.3, -0.25) is 14.9 Å². The Morgan fingerprint density at radius 2 is 1.88 bits per heavy atom. The van der Waals surface area contributed by atoms with Crippen molar-refractivity contribution in [2.75, 3.05) is 7.11 Å². The lowest BCUT2D eigenvalue weighted by Crippen LogP contribution is -2.17. The Bertz CT molecular complexity index is 423. The van der Waals surface area contributed by atoms with Gasteiger partial charge in [-0.15, -0.1) is 0 Å². The SMILES string of the molecule is COC(=O)C(=O)Cc1ccc([N+](=O)[O-])cc1. The van der Waals surface area contributed by atoms with Gasteiger partial charge in [0.1, 0.15) is 0 Å². The molecule has 1 rings (SSSR count). The molecule has 1 aromatic rings. The van der Waals surface area contributed by atoms with Crippen molar-refractivity contribution >= 4 is 17.4 Å². The third kappa shape index (κ3) is 2.88. The molecule has 84 valence electrons. The lowest BCUT2D eigenvalue weighted by Gasteiger charge is -1.99. The average Bonchev–Trinajstić information content (AvgIpc) is 2.28. The Hall–Kier alpha value is -2.24. The van der Waals surface area contributed by atoms with Gasteiger partial charge in [0.05, 0.1) is 12.0 Å². The number of methoxy groups -OCH3 is 1. The molecule has 0 aliphatic heterocycles. The molecule has 0 aliphatic rings. The first-order chi connectivity index (χ1) is 7.54. The van der Waals surface area contributed by atoms with E-state index in [9.17, 15) is 19.7 Å². The third-order valence-corrected chi connectivity index (χ3v) is 1.92. The summed E-state index contributed by atoms with van der Waals surface area (Å²) in [5.74, 6) is -1.60. The van der Waals surface area contributed by atoms with Crippen LogP contribution < -0.4 is 0 Å². The second-order valence-corrected chi connectivity index (χ2v) is 3.02. The molecule has 0 aromatic heterocycles. The molecule has 0 N–H and O–H groups in total. The van der Waals surface area contributed by atoms with E-state index in [1.807, 2.05) is 0 Å². The minimum atomic E-state index is -0.918. The van der Waals surface area contributed by atoms with Crippen LogP contribution in [0.4, 0.5) is 5.69 Å². The van der Waals surface area contributed by atoms with E-state index >= 15 is 0 Å². The van der Waals surface area contributed by atoms with Crippen LogP contribution in [0, 0.1) is 10.1 Å². The number of carbonyl (C=O) groups excluding carboxylic acids is 2. The molecule has 6 heteroatoms. The van der Waals surface area contributed by atoms with E-state index in [0.717, 1.165) is 7.11 Å². The van der Waals surface area contributed by atoms with E-state index in [4.69, 9.17) is 0 Å². The fraction of sp³-hybridized carbons (Fsp3) is 0.200. The summed E-state index contributed by atoms with van der Waals surface area (Å²) in [5.41, 5.74) is 0.468. The highest BCUT2D eigenvalue weighted by Crippen LogP contribution is 2.12. The number of ketones is 1. The maximum absolute atomic E-state index is 11.2. The van der Waals surface area contributed by atoms with Gasteiger partial charge in [0.15, 0.2) is 0 Å². The molecule has 1 aromatic carbocycles. The highest BCUT2D eigenvalue weighted by atomic mass is 16.6. The van der Waals surface area contributed by atoms with Crippen LogP contribution in [0.15, 0.2) is 24.3 Å². The zero-order valence-corrected chi connectivity index (χ0v) is 8.50. The summed E-state index contributed by atoms with van der Waals surface area (Å²) < 4.78 is 4.25. The van der Waals surface area contributed by atoms with Crippen LogP contribution in [0.5, 0.6) is 0 Å². The van der Waals surface area contributed by atoms with Gasteiger partial charge < -0.3 is 4.74 Å². The van der Waals surface area contributed by atoms with E-state index in [0.29, 0.717) is 5.56 Å². The van der Waals surface area contributed by atoms with Crippen molar-refractivity contribution < 1.29 is 19.2 Å². The smallest absolute Gasteiger partial charge is 0.374 e. The largest absolute Gasteiger partial charge is 0.463 e. The monoisotopic (exact) mass is 223 g/mol. The molecule has 6 nitrogen and oxygen atoms in total. The molecule has 0 unspecified atom stereocenters. The number of carbonyl (C=O) groups is 2. The van der Waals surface area contributed by atoms with Crippen LogP contribution in [-0.4, -0.2) is 23.8 Å². The fourth-order valence-corrected chi connectivity index (χ4v) is 1.11. The Morgan fingerprint density at radius 1 is 1.31 bits per heavy atom. The minimum Gasteiger partial charge on any atom is -0.463 e. The molecule has 0 amide bonds. The second kappa shape index (κ2) is 5.01. The van der Waals surface area contributed by atoms with Gasteiger partial charge in [-0.25, -0.2) is 4.79 Å². The van der Waals surface area contributed by atoms with Crippen molar-refractivity contribution in [1.82, 2.24) is 0 Å². The molecule has 16 heavy (non-hydrogen) atoms. The number of Topliss-reactive ketones (excluding diaryl/α,β-unsaturated/α-hetero) is 1. The number of rotatable bonds is 4. The Kier molecular flexibility index (Phi) is 3.71. The molecular weight excluding hydrogens is 214 g/mol. The maximum Gasteiger partial charge on any atom is 0.374 e. The molecule has 0 fully saturated rings. The zero-order chi connectivity index (χ0) is 12.1. The fourth-order valence-electron chi connectivity index (χ4n) is 1.11. The van der Waals surface area contributed by atoms with Gasteiger partial charge in [-0.05, 0) is 5.56 Å². The van der Waals surface area contributed by atoms with Crippen molar-refractivity contribution in [3.8, 4) is 0 Å². The van der Waals surface area contributed by atoms with E-state index in [1.54, 1.807) is 0 Å². The molecule has 0 spiro atoms. The molecular formula is C10H9NO5. The number of benzene rings is 1. The summed E-state index contributed by atoms with van der Waals surface area (Å²) >= 11 is 0. The van der Waals surface area contributed by atoms with Crippen LogP contribution in [0.2, 0.25) is 0 Å². The Balaban J connectivity index is 2.72. The number of nitro benzene ring substituents is 1. The quantitative estimate of drug-likeness (QED) is 0.327. The van der Waals surface area contributed by atoms with Crippen LogP contribution in [0.25, 0.3) is 0 Å². The maximum atomic E-state index is 11.2. The number of hydrogen-bond donors (Lipinski definition) is 0. The summed E-state index contributed by atoms with van der Waals surface area (Å²) in [6.07, 6.45) is -0.120. The number of ether oxygens (including phenoxy) is 1. The number of nitro groups is 1. The van der Waals surface area contributed by atoms with Crippen LogP contribution in [0.1, 0.15) is 5.56 Å². The number of nitrogens with zero attached hydrogens (tertiary/aromatic N) is 1. The van der Waals surface area contributed by atoms with Crippen molar-refractivity contribution in [2.45, 2.75) is 6.42 Å². The van der Waals surface area contributed by atoms with Crippen molar-refractivity contribution in [2.24, 2.45) is 0 Å². The molecule has 0 heterocycles. The summed E-state index contributed by atoms with van der Waals surface area (Å²) in [7, 11) is 1.12. The summed E-state index contributed by atoms with van der Waals surface area (Å²) in [6, 6.07) is 5.41. The highest BCUT2D eigenvalue weighted by Gasteiger charge is 2.14. The number of non-ortho nitro benzene ring substituents is 1. The molecule has 0 radical (unpaired) electrons. The standard InChI is InChI=1S/C10H9NO5/c1-16-10(13)9(12)6-7-2-4-8(5-3-7)11(14)15/h2-5H,6H2,1H3. The first-order valence-corrected chi connectivity index (χ1v) is 4.39. The van der Waals surface area contributed by atoms with E-state index in [1.165, 1.54) is 24.3 Å². The molecule has 0 saturated carbocycles. The second-order valence-electron chi connectivity index (χ2n) is 3.02. The normalized spacial score (nSPS) is 9.56. The predicted molar refractivity (Wildman–Crippen MR) is 53.8 cm³/mol. The van der Waals surface area contributed by atoms with Gasteiger partial charge >= 0.3 is 5.97 Å². The lowest BCUT2D eigenvalue weighted by atomic mass is 10.1. The molecule has 0 bridgehead atoms. The minimum absolute atomic E-state index is 0.0609. The van der Waals surface area contributed by atoms with Crippen LogP contribution in [-0.2, 0) is 20.7 Å². The van der Waals surface area contributed by atoms with Crippen LogP contribution >= 0.6 is 0 Å². The number of esters is 1. The van der Waals surface area contributed by atoms with E-state index in [-0.39, 0.29) is 12.1 Å². The van der Waals surface area contributed by atoms with E-state index < -0.39 is 16.7 Å². The van der Waals surface area contributed by atoms with Crippen molar-refractivity contribution in [3.05, 3.63) is 39.9 Å². The number of hydrogen-bond acceptors (Lipinski definition) is 5. The molecule has 0 aliphatic carbocycles. The topological polar surface area (TPSA) is 86.5 Å². The van der Waals surface area contributed by atoms with Gasteiger partial charge in [0, 0.05) is 18.6 Å². The van der Waals surface area contributed by atoms with Crippen LogP contribution in [0.3, 0.4) is 0 Å². The van der Waals surface area contributed by atoms with Gasteiger partial charge in [-0.2, -0.15) is 0 Å². The summed E-state index contributed by atoms with van der Waals surface area (Å²) in [6.45, 7) is 0. The van der Waals surface area contributed by atoms with Crippen molar-refractivity contribution in [3.63, 3.8) is 0 Å². The first kappa shape index (κ1) is 11.8. The molecule has 0 saturated heterocycles. The summed E-state index contributed by atoms with van der Waals surface area (Å²) in [4.78, 5) is 31.8. The lowest BCUT2D eigenvalue weighted by molar-refractivity contribution is -0.384.